The van der Waals surface area contributed by atoms with Gasteiger partial charge in [0.25, 0.3) is 0 Å². The Hall–Kier alpha value is -1.96. The lowest BCUT2D eigenvalue weighted by Crippen LogP contribution is -2.38. The van der Waals surface area contributed by atoms with E-state index in [0.29, 0.717) is 17.0 Å². The zero-order valence-corrected chi connectivity index (χ0v) is 17.0. The van der Waals surface area contributed by atoms with E-state index in [-0.39, 0.29) is 12.6 Å². The number of aromatic nitrogens is 3. The van der Waals surface area contributed by atoms with Gasteiger partial charge in [-0.2, -0.15) is 4.98 Å². The average molecular weight is 416 g/mol. The van der Waals surface area contributed by atoms with Crippen molar-refractivity contribution in [3.63, 3.8) is 0 Å². The van der Waals surface area contributed by atoms with Gasteiger partial charge in [-0.1, -0.05) is 23.7 Å². The predicted molar refractivity (Wildman–Crippen MR) is 114 cm³/mol. The molecule has 1 aliphatic heterocycles. The molecule has 146 valence electrons. The summed E-state index contributed by atoms with van der Waals surface area (Å²) in [5, 5.41) is 14.3. The van der Waals surface area contributed by atoms with Crippen LogP contribution in [0.1, 0.15) is 25.7 Å². The van der Waals surface area contributed by atoms with E-state index in [9.17, 15) is 5.11 Å². The van der Waals surface area contributed by atoms with Crippen LogP contribution in [0.2, 0.25) is 5.15 Å². The summed E-state index contributed by atoms with van der Waals surface area (Å²) < 4.78 is 1.12. The molecule has 1 aromatic carbocycles. The number of aliphatic hydroxyl groups excluding tert-OH is 1. The van der Waals surface area contributed by atoms with Gasteiger partial charge in [-0.25, -0.2) is 9.97 Å². The van der Waals surface area contributed by atoms with Gasteiger partial charge in [0.1, 0.15) is 16.0 Å². The third-order valence-corrected chi connectivity index (χ3v) is 6.97. The lowest BCUT2D eigenvalue weighted by Gasteiger charge is -2.31. The maximum atomic E-state index is 9.47. The Labute approximate surface area is 172 Å². The van der Waals surface area contributed by atoms with Crippen molar-refractivity contribution < 1.29 is 5.11 Å². The van der Waals surface area contributed by atoms with Gasteiger partial charge in [0.05, 0.1) is 15.8 Å². The monoisotopic (exact) mass is 415 g/mol. The lowest BCUT2D eigenvalue weighted by atomic mass is 10.1. The van der Waals surface area contributed by atoms with Crippen molar-refractivity contribution in [1.29, 1.82) is 0 Å². The fraction of sp³-hybridized carbons (Fsp3) is 0.450. The molecule has 2 aliphatic rings. The van der Waals surface area contributed by atoms with Crippen molar-refractivity contribution >= 4 is 44.9 Å². The highest BCUT2D eigenvalue weighted by atomic mass is 35.5. The van der Waals surface area contributed by atoms with Gasteiger partial charge in [0.2, 0.25) is 5.95 Å². The van der Waals surface area contributed by atoms with Gasteiger partial charge in [-0.15, -0.1) is 11.3 Å². The van der Waals surface area contributed by atoms with Crippen LogP contribution in [0.25, 0.3) is 20.8 Å². The van der Waals surface area contributed by atoms with E-state index < -0.39 is 0 Å². The van der Waals surface area contributed by atoms with Crippen LogP contribution in [0.15, 0.2) is 24.3 Å². The molecule has 1 saturated carbocycles. The van der Waals surface area contributed by atoms with E-state index in [1.807, 2.05) is 18.2 Å². The van der Waals surface area contributed by atoms with Crippen LogP contribution < -0.4 is 10.2 Å². The smallest absolute Gasteiger partial charge is 0.228 e. The molecular formula is C20H22ClN5OS. The average Bonchev–Trinajstić information content (AvgIpc) is 3.26. The minimum absolute atomic E-state index is 0.243. The second kappa shape index (κ2) is 7.46. The van der Waals surface area contributed by atoms with Crippen LogP contribution in [0.3, 0.4) is 0 Å². The van der Waals surface area contributed by atoms with Crippen LogP contribution in [-0.2, 0) is 0 Å². The Balaban J connectivity index is 1.56. The number of hydrogen-bond acceptors (Lipinski definition) is 7. The number of hydrogen-bond donors (Lipinski definition) is 2. The summed E-state index contributed by atoms with van der Waals surface area (Å²) in [5.41, 5.74) is 1.73. The van der Waals surface area contributed by atoms with Gasteiger partial charge in [0, 0.05) is 25.7 Å². The molecular weight excluding hydrogens is 394 g/mol. The normalized spacial score (nSPS) is 21.9. The fourth-order valence-corrected chi connectivity index (χ4v) is 5.24. The largest absolute Gasteiger partial charge is 0.396 e. The topological polar surface area (TPSA) is 74.2 Å². The van der Waals surface area contributed by atoms with E-state index in [0.717, 1.165) is 65.4 Å². The third-order valence-electron chi connectivity index (χ3n) is 5.64. The molecule has 0 spiro atoms. The molecule has 0 bridgehead atoms. The van der Waals surface area contributed by atoms with Crippen molar-refractivity contribution in [3.8, 4) is 10.6 Å². The first-order valence-electron chi connectivity index (χ1n) is 9.77. The molecule has 3 aromatic rings. The van der Waals surface area contributed by atoms with Crippen molar-refractivity contribution in [3.05, 3.63) is 29.4 Å². The van der Waals surface area contributed by atoms with Crippen molar-refractivity contribution in [1.82, 2.24) is 15.0 Å². The van der Waals surface area contributed by atoms with Gasteiger partial charge in [0.15, 0.2) is 0 Å². The van der Waals surface area contributed by atoms with Gasteiger partial charge < -0.3 is 15.3 Å². The van der Waals surface area contributed by atoms with Crippen molar-refractivity contribution in [2.75, 3.05) is 29.9 Å². The number of para-hydroxylation sites is 1. The second-order valence-corrected chi connectivity index (χ2v) is 8.96. The van der Waals surface area contributed by atoms with Crippen LogP contribution in [0, 0.1) is 5.92 Å². The minimum atomic E-state index is 0.243. The lowest BCUT2D eigenvalue weighted by molar-refractivity contribution is 0.229. The molecule has 0 unspecified atom stereocenters. The second-order valence-electron chi connectivity index (χ2n) is 7.57. The summed E-state index contributed by atoms with van der Waals surface area (Å²) in [6, 6.07) is 8.36. The van der Waals surface area contributed by atoms with E-state index in [1.54, 1.807) is 11.3 Å². The van der Waals surface area contributed by atoms with Gasteiger partial charge in [-0.05, 0) is 43.7 Å². The molecule has 2 N–H and O–H groups in total. The number of anilines is 2. The third kappa shape index (κ3) is 3.32. The zero-order valence-electron chi connectivity index (χ0n) is 15.4. The highest BCUT2D eigenvalue weighted by Crippen LogP contribution is 2.40. The molecule has 28 heavy (non-hydrogen) atoms. The number of rotatable bonds is 5. The Bertz CT molecular complexity index is 972. The number of nitrogens with zero attached hydrogens (tertiary/aromatic N) is 4. The molecule has 2 fully saturated rings. The summed E-state index contributed by atoms with van der Waals surface area (Å²) in [5.74, 6) is 1.79. The first-order valence-corrected chi connectivity index (χ1v) is 11.0. The van der Waals surface area contributed by atoms with E-state index in [2.05, 4.69) is 21.3 Å². The molecule has 5 rings (SSSR count). The maximum Gasteiger partial charge on any atom is 0.228 e. The molecule has 1 aliphatic carbocycles. The van der Waals surface area contributed by atoms with Gasteiger partial charge >= 0.3 is 0 Å². The van der Waals surface area contributed by atoms with E-state index in [4.69, 9.17) is 21.6 Å². The number of benzene rings is 1. The molecule has 3 heterocycles. The molecule has 0 radical (unpaired) electrons. The highest BCUT2D eigenvalue weighted by molar-refractivity contribution is 7.21. The SMILES string of the molecule is OC[C@@H]1CC[C@H](Nc2nc(N3CCC3)nc(Cl)c2-c2nc3ccccc3s2)C1. The molecule has 2 atom stereocenters. The Morgan fingerprint density at radius 2 is 2.04 bits per heavy atom. The summed E-state index contributed by atoms with van der Waals surface area (Å²) in [4.78, 5) is 16.3. The van der Waals surface area contributed by atoms with Crippen molar-refractivity contribution in [2.45, 2.75) is 31.7 Å². The summed E-state index contributed by atoms with van der Waals surface area (Å²) in [6.45, 7) is 2.17. The number of fused-ring (bicyclic) bond motifs is 1. The minimum Gasteiger partial charge on any atom is -0.396 e. The summed E-state index contributed by atoms with van der Waals surface area (Å²) in [7, 11) is 0. The molecule has 0 amide bonds. The molecule has 1 saturated heterocycles. The predicted octanol–water partition coefficient (Wildman–Crippen LogP) is 4.19. The molecule has 6 nitrogen and oxygen atoms in total. The fourth-order valence-electron chi connectivity index (χ4n) is 3.92. The zero-order chi connectivity index (χ0) is 19.1. The maximum absolute atomic E-state index is 9.47. The molecule has 2 aromatic heterocycles. The quantitative estimate of drug-likeness (QED) is 0.608. The van der Waals surface area contributed by atoms with Crippen molar-refractivity contribution in [2.24, 2.45) is 5.92 Å². The number of thiazole rings is 1. The highest BCUT2D eigenvalue weighted by Gasteiger charge is 2.28. The first kappa shape index (κ1) is 18.1. The first-order chi connectivity index (χ1) is 13.7. The van der Waals surface area contributed by atoms with E-state index >= 15 is 0 Å². The summed E-state index contributed by atoms with van der Waals surface area (Å²) >= 11 is 8.28. The Morgan fingerprint density at radius 1 is 1.18 bits per heavy atom. The Kier molecular flexibility index (Phi) is 4.82. The Morgan fingerprint density at radius 3 is 2.75 bits per heavy atom. The molecule has 8 heteroatoms. The van der Waals surface area contributed by atoms with Crippen LogP contribution in [0.5, 0.6) is 0 Å². The van der Waals surface area contributed by atoms with E-state index in [1.165, 1.54) is 0 Å². The number of nitrogens with one attached hydrogen (secondary N) is 1. The van der Waals surface area contributed by atoms with Crippen LogP contribution in [0.4, 0.5) is 11.8 Å². The number of halogens is 1. The summed E-state index contributed by atoms with van der Waals surface area (Å²) in [6.07, 6.45) is 4.15. The standard InChI is InChI=1S/C20H22ClN5OS/c21-17-16(19-23-14-4-1-2-5-15(14)28-19)18(22-13-7-6-12(10-13)11-27)25-20(24-17)26-8-3-9-26/h1-2,4-5,12-13,27H,3,6-11H2,(H,22,24,25)/t12-,13+/m1/s1. The number of aliphatic hydroxyl groups is 1. The van der Waals surface area contributed by atoms with Crippen LogP contribution in [-0.4, -0.2) is 45.8 Å². The van der Waals surface area contributed by atoms with Crippen LogP contribution >= 0.6 is 22.9 Å². The van der Waals surface area contributed by atoms with Gasteiger partial charge in [-0.3, -0.25) is 0 Å².